The number of rotatable bonds is 8. The summed E-state index contributed by atoms with van der Waals surface area (Å²) in [6.07, 6.45) is 10.2. The number of nitrogens with zero attached hydrogens (tertiary/aromatic N) is 4. The van der Waals surface area contributed by atoms with Crippen molar-refractivity contribution in [1.82, 2.24) is 20.2 Å². The minimum absolute atomic E-state index is 0.0106. The highest BCUT2D eigenvalue weighted by atomic mass is 16.7. The molecular weight excluding hydrogens is 604 g/mol. The molecule has 2 amide bonds. The van der Waals surface area contributed by atoms with Gasteiger partial charge in [0.2, 0.25) is 5.95 Å². The quantitative estimate of drug-likeness (QED) is 0.286. The molecule has 4 saturated carbocycles. The number of benzene rings is 2. The predicted molar refractivity (Wildman–Crippen MR) is 183 cm³/mol. The maximum absolute atomic E-state index is 13.2. The van der Waals surface area contributed by atoms with Gasteiger partial charge in [-0.25, -0.2) is 14.8 Å². The summed E-state index contributed by atoms with van der Waals surface area (Å²) in [6.45, 7) is 6.53. The van der Waals surface area contributed by atoms with Crippen LogP contribution in [-0.4, -0.2) is 70.4 Å². The van der Waals surface area contributed by atoms with Gasteiger partial charge in [-0.05, 0) is 85.6 Å². The Kier molecular flexibility index (Phi) is 8.83. The molecule has 10 nitrogen and oxygen atoms in total. The molecule has 3 N–H and O–H groups in total. The third kappa shape index (κ3) is 6.68. The van der Waals surface area contributed by atoms with Crippen LogP contribution >= 0.6 is 0 Å². The minimum Gasteiger partial charge on any atom is -0.392 e. The lowest BCUT2D eigenvalue weighted by Gasteiger charge is -2.56. The second-order valence-corrected chi connectivity index (χ2v) is 15.1. The zero-order valence-corrected chi connectivity index (χ0v) is 27.8. The molecule has 4 unspecified atom stereocenters. The molecule has 2 aliphatic heterocycles. The van der Waals surface area contributed by atoms with Crippen LogP contribution in [-0.2, 0) is 16.1 Å². The van der Waals surface area contributed by atoms with Crippen LogP contribution in [0.5, 0.6) is 0 Å². The van der Waals surface area contributed by atoms with Gasteiger partial charge in [0.25, 0.3) is 0 Å². The van der Waals surface area contributed by atoms with Gasteiger partial charge in [0, 0.05) is 67.8 Å². The van der Waals surface area contributed by atoms with Crippen LogP contribution in [0.25, 0.3) is 0 Å². The van der Waals surface area contributed by atoms with Crippen molar-refractivity contribution >= 4 is 17.7 Å². The summed E-state index contributed by atoms with van der Waals surface area (Å²) in [6, 6.07) is 17.7. The molecule has 48 heavy (non-hydrogen) atoms. The molecule has 4 bridgehead atoms. The third-order valence-electron chi connectivity index (χ3n) is 11.6. The lowest BCUT2D eigenvalue weighted by molar-refractivity contribution is -0.276. The third-order valence-corrected chi connectivity index (χ3v) is 11.6. The predicted octanol–water partition coefficient (Wildman–Crippen LogP) is 5.67. The van der Waals surface area contributed by atoms with E-state index >= 15 is 0 Å². The van der Waals surface area contributed by atoms with Gasteiger partial charge in [0.15, 0.2) is 6.29 Å². The number of hydrogen-bond donors (Lipinski definition) is 3. The van der Waals surface area contributed by atoms with Crippen molar-refractivity contribution in [3.63, 3.8) is 0 Å². The van der Waals surface area contributed by atoms with Crippen molar-refractivity contribution in [2.24, 2.45) is 23.7 Å². The number of anilines is 2. The number of nitrogens with one attached hydrogen (secondary N) is 2. The Labute approximate surface area is 283 Å². The lowest BCUT2D eigenvalue weighted by Crippen LogP contribution is -2.60. The number of carbonyl (C=O) groups is 1. The van der Waals surface area contributed by atoms with Crippen molar-refractivity contribution < 1.29 is 19.4 Å². The van der Waals surface area contributed by atoms with Gasteiger partial charge in [-0.2, -0.15) is 0 Å². The zero-order chi connectivity index (χ0) is 32.7. The molecule has 254 valence electrons. The first-order chi connectivity index (χ1) is 23.4. The van der Waals surface area contributed by atoms with E-state index in [-0.39, 0.29) is 36.3 Å². The summed E-state index contributed by atoms with van der Waals surface area (Å²) < 4.78 is 13.4. The number of ether oxygens (including phenoxy) is 2. The molecule has 0 spiro atoms. The highest BCUT2D eigenvalue weighted by Crippen LogP contribution is 2.55. The summed E-state index contributed by atoms with van der Waals surface area (Å²) in [4.78, 5) is 26.8. The number of hydrogen-bond acceptors (Lipinski definition) is 8. The fourth-order valence-corrected chi connectivity index (χ4v) is 9.56. The largest absolute Gasteiger partial charge is 0.392 e. The van der Waals surface area contributed by atoms with E-state index < -0.39 is 6.29 Å². The van der Waals surface area contributed by atoms with Gasteiger partial charge in [-0.15, -0.1) is 0 Å². The van der Waals surface area contributed by atoms with Crippen LogP contribution in [0.4, 0.5) is 16.4 Å². The summed E-state index contributed by atoms with van der Waals surface area (Å²) in [5.74, 6) is 3.22. The van der Waals surface area contributed by atoms with Crippen LogP contribution in [0.3, 0.4) is 0 Å². The van der Waals surface area contributed by atoms with Gasteiger partial charge >= 0.3 is 6.03 Å². The number of aliphatic hydroxyl groups is 1. The highest BCUT2D eigenvalue weighted by molar-refractivity contribution is 5.89. The molecule has 3 heterocycles. The second kappa shape index (κ2) is 13.4. The average Bonchev–Trinajstić information content (AvgIpc) is 3.09. The van der Waals surface area contributed by atoms with E-state index in [2.05, 4.69) is 49.5 Å². The van der Waals surface area contributed by atoms with Crippen molar-refractivity contribution in [3.8, 4) is 0 Å². The Bertz CT molecular complexity index is 1510. The minimum atomic E-state index is -0.553. The van der Waals surface area contributed by atoms with Gasteiger partial charge in [-0.1, -0.05) is 43.3 Å². The molecule has 6 aliphatic rings. The van der Waals surface area contributed by atoms with Crippen LogP contribution < -0.4 is 15.5 Å². The van der Waals surface area contributed by atoms with Crippen molar-refractivity contribution in [1.29, 1.82) is 0 Å². The van der Waals surface area contributed by atoms with E-state index in [0.717, 1.165) is 98.1 Å². The lowest BCUT2D eigenvalue weighted by atomic mass is 9.53. The van der Waals surface area contributed by atoms with Gasteiger partial charge < -0.3 is 30.1 Å². The summed E-state index contributed by atoms with van der Waals surface area (Å²) in [7, 11) is 0. The highest BCUT2D eigenvalue weighted by Gasteiger charge is 2.51. The molecular formula is C38H48N6O4. The molecule has 0 radical (unpaired) electrons. The van der Waals surface area contributed by atoms with Crippen molar-refractivity contribution in [2.75, 3.05) is 42.9 Å². The summed E-state index contributed by atoms with van der Waals surface area (Å²) in [5, 5.41) is 16.1. The molecule has 9 rings (SSSR count). The molecule has 10 heteroatoms. The monoisotopic (exact) mass is 652 g/mol. The average molecular weight is 653 g/mol. The van der Waals surface area contributed by atoms with E-state index in [9.17, 15) is 9.90 Å². The van der Waals surface area contributed by atoms with E-state index in [4.69, 9.17) is 9.47 Å². The van der Waals surface area contributed by atoms with Crippen LogP contribution in [0.15, 0.2) is 67.0 Å². The normalized spacial score (nSPS) is 33.0. The Balaban J connectivity index is 0.940. The van der Waals surface area contributed by atoms with E-state index in [1.54, 1.807) is 12.4 Å². The molecule has 4 atom stereocenters. The van der Waals surface area contributed by atoms with E-state index in [1.165, 1.54) is 19.3 Å². The Hall–Kier alpha value is -3.57. The number of urea groups is 1. The number of piperazine rings is 1. The van der Waals surface area contributed by atoms with Gasteiger partial charge in [0.05, 0.1) is 18.8 Å². The molecule has 4 aliphatic carbocycles. The fourth-order valence-electron chi connectivity index (χ4n) is 9.56. The maximum atomic E-state index is 13.2. The maximum Gasteiger partial charge on any atom is 0.319 e. The number of aromatic nitrogens is 2. The Morgan fingerprint density at radius 1 is 0.875 bits per heavy atom. The Morgan fingerprint density at radius 3 is 2.12 bits per heavy atom. The zero-order valence-electron chi connectivity index (χ0n) is 27.8. The summed E-state index contributed by atoms with van der Waals surface area (Å²) >= 11 is 0. The van der Waals surface area contributed by atoms with E-state index in [0.29, 0.717) is 0 Å². The smallest absolute Gasteiger partial charge is 0.319 e. The van der Waals surface area contributed by atoms with Crippen LogP contribution in [0.1, 0.15) is 74.5 Å². The number of carbonyl (C=O) groups excluding carboxylic acids is 1. The SMILES string of the molecule is CC1C(CN2CCN(c3ncccn3)CC2)OC(c2ccc(NC(=O)NC34CC5CC(CC(C5)C3)C4)cc2)OC1c1ccc(CO)cc1. The fraction of sp³-hybridized carbons (Fsp3) is 0.553. The molecule has 3 aromatic rings. The molecule has 1 aromatic heterocycles. The standard InChI is InChI=1S/C38H48N6O4/c1-25-33(23-43-13-15-44(16-14-43)36-39-11-2-12-40-36)47-35(48-34(25)30-5-3-26(24-45)4-6-30)31-7-9-32(10-8-31)41-37(46)42-38-20-27-17-28(21-38)19-29(18-27)22-38/h2-12,25,27-29,33-35,45H,13-24H2,1H3,(H2,41,42,46). The summed E-state index contributed by atoms with van der Waals surface area (Å²) in [5.41, 5.74) is 3.60. The van der Waals surface area contributed by atoms with Crippen LogP contribution in [0.2, 0.25) is 0 Å². The molecule has 2 aromatic carbocycles. The number of aliphatic hydroxyl groups excluding tert-OH is 1. The first kappa shape index (κ1) is 31.7. The first-order valence-electron chi connectivity index (χ1n) is 17.9. The van der Waals surface area contributed by atoms with Crippen molar-refractivity contribution in [2.45, 2.75) is 76.1 Å². The number of amides is 2. The van der Waals surface area contributed by atoms with Gasteiger partial charge in [-0.3, -0.25) is 4.90 Å². The Morgan fingerprint density at radius 2 is 1.50 bits per heavy atom. The first-order valence-corrected chi connectivity index (χ1v) is 17.9. The molecule has 6 fully saturated rings. The molecule has 2 saturated heterocycles. The second-order valence-electron chi connectivity index (χ2n) is 15.1. The van der Waals surface area contributed by atoms with Gasteiger partial charge in [0.1, 0.15) is 0 Å². The van der Waals surface area contributed by atoms with Crippen molar-refractivity contribution in [3.05, 3.63) is 83.7 Å². The topological polar surface area (TPSA) is 112 Å². The van der Waals surface area contributed by atoms with Crippen LogP contribution in [0, 0.1) is 23.7 Å². The van der Waals surface area contributed by atoms with E-state index in [1.807, 2.05) is 42.5 Å².